The second-order valence-electron chi connectivity index (χ2n) is 7.64. The van der Waals surface area contributed by atoms with Gasteiger partial charge >= 0.3 is 0 Å². The van der Waals surface area contributed by atoms with E-state index in [9.17, 15) is 9.18 Å². The van der Waals surface area contributed by atoms with Gasteiger partial charge < -0.3 is 9.47 Å². The summed E-state index contributed by atoms with van der Waals surface area (Å²) in [6, 6.07) is 19.9. The maximum absolute atomic E-state index is 13.5. The summed E-state index contributed by atoms with van der Waals surface area (Å²) in [5, 5.41) is -0.721. The molecule has 0 fully saturated rings. The van der Waals surface area contributed by atoms with Crippen molar-refractivity contribution >= 4 is 17.5 Å². The maximum atomic E-state index is 13.5. The first-order valence-corrected chi connectivity index (χ1v) is 10.2. The Morgan fingerprint density at radius 3 is 2.52 bits per heavy atom. The lowest BCUT2D eigenvalue weighted by molar-refractivity contribution is -0.132. The molecule has 0 N–H and O–H groups in total. The Kier molecular flexibility index (Phi) is 7.10. The SMILES string of the molecule is CC(C)CN(Cc1cccn1Cc1cccc(F)c1)C(=O)[C@H](Cl)c1ccccc1. The van der Waals surface area contributed by atoms with Crippen molar-refractivity contribution in [2.24, 2.45) is 5.92 Å². The second-order valence-corrected chi connectivity index (χ2v) is 8.08. The van der Waals surface area contributed by atoms with Crippen molar-refractivity contribution in [2.75, 3.05) is 6.54 Å². The van der Waals surface area contributed by atoms with Gasteiger partial charge in [-0.25, -0.2) is 4.39 Å². The molecule has 0 bridgehead atoms. The summed E-state index contributed by atoms with van der Waals surface area (Å²) in [4.78, 5) is 15.0. The number of amides is 1. The Morgan fingerprint density at radius 2 is 1.83 bits per heavy atom. The van der Waals surface area contributed by atoms with Crippen molar-refractivity contribution in [3.63, 3.8) is 0 Å². The summed E-state index contributed by atoms with van der Waals surface area (Å²) < 4.78 is 15.6. The van der Waals surface area contributed by atoms with Crippen LogP contribution < -0.4 is 0 Å². The first-order valence-electron chi connectivity index (χ1n) is 9.80. The first kappa shape index (κ1) is 21.1. The Labute approximate surface area is 176 Å². The summed E-state index contributed by atoms with van der Waals surface area (Å²) in [7, 11) is 0. The molecule has 0 spiro atoms. The van der Waals surface area contributed by atoms with Gasteiger partial charge in [-0.15, -0.1) is 11.6 Å². The normalized spacial score (nSPS) is 12.2. The molecule has 29 heavy (non-hydrogen) atoms. The minimum Gasteiger partial charge on any atom is -0.345 e. The maximum Gasteiger partial charge on any atom is 0.245 e. The monoisotopic (exact) mass is 412 g/mol. The highest BCUT2D eigenvalue weighted by atomic mass is 35.5. The van der Waals surface area contributed by atoms with Gasteiger partial charge in [0.05, 0.1) is 6.54 Å². The van der Waals surface area contributed by atoms with E-state index in [4.69, 9.17) is 11.6 Å². The van der Waals surface area contributed by atoms with Crippen LogP contribution in [0.2, 0.25) is 0 Å². The summed E-state index contributed by atoms with van der Waals surface area (Å²) in [5.74, 6) is -0.0454. The molecule has 152 valence electrons. The van der Waals surface area contributed by atoms with Crippen LogP contribution in [0.25, 0.3) is 0 Å². The summed E-state index contributed by atoms with van der Waals surface area (Å²) in [5.41, 5.74) is 2.66. The molecule has 3 rings (SSSR count). The average Bonchev–Trinajstić information content (AvgIpc) is 3.13. The first-order chi connectivity index (χ1) is 13.9. The number of aromatic nitrogens is 1. The number of rotatable bonds is 8. The Hall–Kier alpha value is -2.59. The van der Waals surface area contributed by atoms with E-state index in [1.165, 1.54) is 12.1 Å². The fourth-order valence-corrected chi connectivity index (χ4v) is 3.66. The number of hydrogen-bond acceptors (Lipinski definition) is 1. The van der Waals surface area contributed by atoms with Gasteiger partial charge in [0.1, 0.15) is 11.2 Å². The molecule has 3 aromatic rings. The molecule has 0 unspecified atom stereocenters. The predicted octanol–water partition coefficient (Wildman–Crippen LogP) is 5.64. The van der Waals surface area contributed by atoms with Gasteiger partial charge in [0.25, 0.3) is 0 Å². The number of carbonyl (C=O) groups excluding carboxylic acids is 1. The minimum absolute atomic E-state index is 0.106. The molecule has 0 saturated heterocycles. The minimum atomic E-state index is -0.721. The summed E-state index contributed by atoms with van der Waals surface area (Å²) >= 11 is 6.52. The zero-order valence-electron chi connectivity index (χ0n) is 16.8. The lowest BCUT2D eigenvalue weighted by Gasteiger charge is -2.27. The van der Waals surface area contributed by atoms with Gasteiger partial charge in [-0.1, -0.05) is 56.3 Å². The van der Waals surface area contributed by atoms with E-state index >= 15 is 0 Å². The molecule has 0 saturated carbocycles. The van der Waals surface area contributed by atoms with E-state index in [-0.39, 0.29) is 11.7 Å². The number of alkyl halides is 1. The smallest absolute Gasteiger partial charge is 0.245 e. The summed E-state index contributed by atoms with van der Waals surface area (Å²) in [6.45, 7) is 5.78. The van der Waals surface area contributed by atoms with Crippen molar-refractivity contribution in [3.8, 4) is 0 Å². The highest BCUT2D eigenvalue weighted by Crippen LogP contribution is 2.24. The molecular weight excluding hydrogens is 387 g/mol. The van der Waals surface area contributed by atoms with Crippen LogP contribution >= 0.6 is 11.6 Å². The van der Waals surface area contributed by atoms with Crippen LogP contribution in [0, 0.1) is 11.7 Å². The topological polar surface area (TPSA) is 25.2 Å². The molecule has 3 nitrogen and oxygen atoms in total. The quantitative estimate of drug-likeness (QED) is 0.439. The zero-order chi connectivity index (χ0) is 20.8. The van der Waals surface area contributed by atoms with Gasteiger partial charge in [0.2, 0.25) is 5.91 Å². The zero-order valence-corrected chi connectivity index (χ0v) is 17.5. The van der Waals surface area contributed by atoms with Gasteiger partial charge in [-0.2, -0.15) is 0 Å². The molecule has 0 radical (unpaired) electrons. The molecule has 2 aromatic carbocycles. The van der Waals surface area contributed by atoms with Crippen LogP contribution in [0.15, 0.2) is 72.9 Å². The Balaban J connectivity index is 1.79. The van der Waals surface area contributed by atoms with Crippen LogP contribution in [0.1, 0.15) is 36.0 Å². The molecular formula is C24H26ClFN2O. The van der Waals surface area contributed by atoms with Gasteiger partial charge in [-0.05, 0) is 41.3 Å². The molecule has 1 heterocycles. The van der Waals surface area contributed by atoms with Gasteiger partial charge in [0.15, 0.2) is 0 Å². The third-order valence-corrected chi connectivity index (χ3v) is 5.16. The molecule has 1 amide bonds. The molecule has 1 atom stereocenters. The van der Waals surface area contributed by atoms with Crippen molar-refractivity contribution in [1.82, 2.24) is 9.47 Å². The van der Waals surface area contributed by atoms with E-state index in [1.807, 2.05) is 64.2 Å². The van der Waals surface area contributed by atoms with Crippen LogP contribution in [0.4, 0.5) is 4.39 Å². The highest BCUT2D eigenvalue weighted by Gasteiger charge is 2.25. The van der Waals surface area contributed by atoms with Crippen LogP contribution in [-0.2, 0) is 17.9 Å². The van der Waals surface area contributed by atoms with Crippen molar-refractivity contribution in [3.05, 3.63) is 95.6 Å². The molecule has 1 aromatic heterocycles. The molecule has 5 heteroatoms. The number of halogens is 2. The molecule has 0 aliphatic carbocycles. The highest BCUT2D eigenvalue weighted by molar-refractivity contribution is 6.30. The van der Waals surface area contributed by atoms with Crippen molar-refractivity contribution in [1.29, 1.82) is 0 Å². The van der Waals surface area contributed by atoms with Crippen molar-refractivity contribution in [2.45, 2.75) is 32.3 Å². The van der Waals surface area contributed by atoms with Crippen LogP contribution in [-0.4, -0.2) is 21.9 Å². The average molecular weight is 413 g/mol. The molecule has 0 aliphatic heterocycles. The van der Waals surface area contributed by atoms with E-state index < -0.39 is 5.38 Å². The van der Waals surface area contributed by atoms with Crippen LogP contribution in [0.5, 0.6) is 0 Å². The Bertz CT molecular complexity index is 939. The lowest BCUT2D eigenvalue weighted by atomic mass is 10.1. The number of carbonyl (C=O) groups is 1. The van der Waals surface area contributed by atoms with E-state index in [2.05, 4.69) is 13.8 Å². The van der Waals surface area contributed by atoms with E-state index in [0.29, 0.717) is 25.6 Å². The van der Waals surface area contributed by atoms with E-state index in [1.54, 1.807) is 6.07 Å². The largest absolute Gasteiger partial charge is 0.345 e. The third kappa shape index (κ3) is 5.70. The fourth-order valence-electron chi connectivity index (χ4n) is 3.37. The number of nitrogens with zero attached hydrogens (tertiary/aromatic N) is 2. The molecule has 0 aliphatic rings. The fraction of sp³-hybridized carbons (Fsp3) is 0.292. The Morgan fingerprint density at radius 1 is 1.07 bits per heavy atom. The number of benzene rings is 2. The van der Waals surface area contributed by atoms with Crippen LogP contribution in [0.3, 0.4) is 0 Å². The predicted molar refractivity (Wildman–Crippen MR) is 115 cm³/mol. The van der Waals surface area contributed by atoms with E-state index in [0.717, 1.165) is 16.8 Å². The lowest BCUT2D eigenvalue weighted by Crippen LogP contribution is -2.36. The van der Waals surface area contributed by atoms with Gasteiger partial charge in [-0.3, -0.25) is 4.79 Å². The standard InChI is InChI=1S/C24H26ClFN2O/c1-18(2)15-28(24(29)23(25)20-9-4-3-5-10-20)17-22-12-7-13-27(22)16-19-8-6-11-21(26)14-19/h3-14,18,23H,15-17H2,1-2H3/t23-/m1/s1. The second kappa shape index (κ2) is 9.75. The summed E-state index contributed by atoms with van der Waals surface area (Å²) in [6.07, 6.45) is 1.95. The van der Waals surface area contributed by atoms with Gasteiger partial charge in [0, 0.05) is 25.0 Å². The van der Waals surface area contributed by atoms with Crippen molar-refractivity contribution < 1.29 is 9.18 Å². The third-order valence-electron chi connectivity index (χ3n) is 4.72. The number of hydrogen-bond donors (Lipinski definition) is 0.